The predicted octanol–water partition coefficient (Wildman–Crippen LogP) is 3.08. The fourth-order valence-corrected chi connectivity index (χ4v) is 3.09. The van der Waals surface area contributed by atoms with Crippen molar-refractivity contribution in [3.63, 3.8) is 0 Å². The number of benzene rings is 1. The minimum absolute atomic E-state index is 0.0606. The van der Waals surface area contributed by atoms with E-state index in [1.54, 1.807) is 0 Å². The molecule has 1 N–H and O–H groups in total. The van der Waals surface area contributed by atoms with Gasteiger partial charge < -0.3 is 14.5 Å². The van der Waals surface area contributed by atoms with Gasteiger partial charge in [-0.25, -0.2) is 9.37 Å². The predicted molar refractivity (Wildman–Crippen MR) is 114 cm³/mol. The number of rotatable bonds is 4. The first-order chi connectivity index (χ1) is 22.2. The van der Waals surface area contributed by atoms with E-state index in [2.05, 4.69) is 10.1 Å². The third-order valence-corrected chi connectivity index (χ3v) is 4.63. The fourth-order valence-electron chi connectivity index (χ4n) is 3.09. The highest BCUT2D eigenvalue weighted by Gasteiger charge is 2.26. The van der Waals surface area contributed by atoms with E-state index in [0.29, 0.717) is 0 Å². The molecule has 1 atom stereocenters. The van der Waals surface area contributed by atoms with Crippen LogP contribution in [0.5, 0.6) is 0 Å². The van der Waals surface area contributed by atoms with Crippen LogP contribution in [-0.4, -0.2) is 44.3 Å². The second-order valence-corrected chi connectivity index (χ2v) is 6.54. The van der Waals surface area contributed by atoms with E-state index >= 15 is 0 Å². The van der Waals surface area contributed by atoms with Crippen LogP contribution >= 0.6 is 0 Å². The van der Waals surface area contributed by atoms with Crippen molar-refractivity contribution in [3.05, 3.63) is 57.1 Å². The summed E-state index contributed by atoms with van der Waals surface area (Å²) >= 11 is 0. The number of nitrogens with zero attached hydrogens (tertiary/aromatic N) is 4. The number of aryl methyl sites for hydroxylation is 1. The minimum atomic E-state index is -3.86. The molecule has 1 fully saturated rings. The molecule has 0 spiro atoms. The Hall–Kier alpha value is -2.58. The molecule has 1 saturated heterocycles. The second-order valence-electron chi connectivity index (χ2n) is 6.54. The molecule has 1 unspecified atom stereocenters. The lowest BCUT2D eigenvalue weighted by atomic mass is 9.91. The van der Waals surface area contributed by atoms with Crippen LogP contribution in [0.3, 0.4) is 0 Å². The van der Waals surface area contributed by atoms with E-state index in [1.165, 1.54) is 0 Å². The number of hydrogen-bond acceptors (Lipinski definition) is 6. The topological polar surface area (TPSA) is 84.4 Å². The summed E-state index contributed by atoms with van der Waals surface area (Å²) in [4.78, 5) is 17.3. The first-order valence-corrected chi connectivity index (χ1v) is 8.95. The van der Waals surface area contributed by atoms with Crippen LogP contribution in [0.4, 0.5) is 4.39 Å². The van der Waals surface area contributed by atoms with Crippen LogP contribution in [0.25, 0.3) is 11.0 Å². The van der Waals surface area contributed by atoms with Crippen molar-refractivity contribution >= 4 is 11.0 Å². The molecule has 4 heterocycles. The van der Waals surface area contributed by atoms with Crippen LogP contribution in [0, 0.1) is 12.7 Å². The Labute approximate surface area is 206 Å². The maximum absolute atomic E-state index is 13.9. The number of likely N-dealkylation sites (tertiary alicyclic amines) is 1. The highest BCUT2D eigenvalue weighted by molar-refractivity contribution is 5.79. The molecule has 2 aromatic heterocycles. The van der Waals surface area contributed by atoms with Crippen molar-refractivity contribution in [1.29, 1.82) is 0 Å². The van der Waals surface area contributed by atoms with Crippen molar-refractivity contribution in [2.24, 2.45) is 0 Å². The summed E-state index contributed by atoms with van der Waals surface area (Å²) in [6.45, 7) is -16.0. The molecule has 31 heavy (non-hydrogen) atoms. The molecule has 2 aliphatic rings. The lowest BCUT2D eigenvalue weighted by Gasteiger charge is -2.31. The van der Waals surface area contributed by atoms with Gasteiger partial charge in [0, 0.05) is 66.3 Å². The van der Waals surface area contributed by atoms with Crippen molar-refractivity contribution < 1.29 is 40.1 Å². The number of aliphatic hydroxyl groups is 1. The normalized spacial score (nSPS) is 44.5. The number of fused-ring (bicyclic) bond motifs is 2. The maximum Gasteiger partial charge on any atom is 0.257 e. The van der Waals surface area contributed by atoms with Crippen LogP contribution in [0.15, 0.2) is 27.5 Å². The van der Waals surface area contributed by atoms with Gasteiger partial charge in [0.25, 0.3) is 5.56 Å². The van der Waals surface area contributed by atoms with Gasteiger partial charge in [-0.1, -0.05) is 5.16 Å². The highest BCUT2D eigenvalue weighted by Crippen LogP contribution is 2.32. The van der Waals surface area contributed by atoms with E-state index in [0.717, 1.165) is 18.2 Å². The van der Waals surface area contributed by atoms with E-state index in [-0.39, 0.29) is 14.9 Å². The van der Waals surface area contributed by atoms with Crippen LogP contribution < -0.4 is 5.56 Å². The van der Waals surface area contributed by atoms with E-state index in [4.69, 9.17) is 30.6 Å². The smallest absolute Gasteiger partial charge is 0.257 e. The summed E-state index contributed by atoms with van der Waals surface area (Å²) in [5.41, 5.74) is -5.50. The van der Waals surface area contributed by atoms with E-state index < -0.39 is 117 Å². The summed E-state index contributed by atoms with van der Waals surface area (Å²) in [5, 5.41) is 13.9. The zero-order valence-corrected chi connectivity index (χ0v) is 15.6. The summed E-state index contributed by atoms with van der Waals surface area (Å²) < 4.78 is 178. The van der Waals surface area contributed by atoms with Crippen LogP contribution in [-0.2, 0) is 12.9 Å². The summed E-state index contributed by atoms with van der Waals surface area (Å²) in [6.07, 6.45) is -20.3. The van der Waals surface area contributed by atoms with Gasteiger partial charge in [-0.15, -0.1) is 0 Å². The standard InChI is InChI=1S/C23H27FN4O3/c1-14-17(23(30)28-9-2-3-19(29)22(28)25-14)8-12-27-10-6-15(7-11-27)21-18-5-4-16(24)13-20(18)31-26-21/h4-5,13,15,19,29H,2-3,6-12H2,1H3/i1D3,2D2,3D2,6D2,7D2,9D2,10D2,11D2,15D,19D. The lowest BCUT2D eigenvalue weighted by molar-refractivity contribution is 0.129. The van der Waals surface area contributed by atoms with Crippen LogP contribution in [0.1, 0.15) is 86.3 Å². The first-order valence-electron chi connectivity index (χ1n) is 18.5. The van der Waals surface area contributed by atoms with Gasteiger partial charge in [-0.3, -0.25) is 9.36 Å². The van der Waals surface area contributed by atoms with E-state index in [9.17, 15) is 14.3 Å². The Balaban J connectivity index is 1.70. The molecular weight excluding hydrogens is 399 g/mol. The van der Waals surface area contributed by atoms with Gasteiger partial charge in [0.1, 0.15) is 17.7 Å². The van der Waals surface area contributed by atoms with Crippen molar-refractivity contribution in [2.45, 2.75) is 57.2 Å². The second kappa shape index (κ2) is 8.16. The molecule has 0 amide bonds. The SMILES string of the molecule is [2H]C([2H])([2H])c1nc2n(c(=O)c1CCN1C([2H])([2H])C([2H])([2H])C([2H])(c3noc4cc(F)ccc34)C([2H])([2H])C1([2H])[2H])C([2H])([2H])C([2H])([2H])C([2H])([2H])C2([2H])O. The Kier molecular flexibility index (Phi) is 2.13. The monoisotopic (exact) mass is 445 g/mol. The zero-order chi connectivity index (χ0) is 38.4. The Morgan fingerprint density at radius 3 is 3.00 bits per heavy atom. The Morgan fingerprint density at radius 1 is 1.35 bits per heavy atom. The Morgan fingerprint density at radius 2 is 2.19 bits per heavy atom. The largest absolute Gasteiger partial charge is 0.385 e. The third-order valence-electron chi connectivity index (χ3n) is 4.63. The number of aromatic nitrogens is 3. The van der Waals surface area contributed by atoms with Crippen molar-refractivity contribution in [3.8, 4) is 0 Å². The molecule has 0 radical (unpaired) electrons. The molecule has 164 valence electrons. The van der Waals surface area contributed by atoms with Crippen molar-refractivity contribution in [1.82, 2.24) is 19.6 Å². The van der Waals surface area contributed by atoms with Gasteiger partial charge >= 0.3 is 0 Å². The van der Waals surface area contributed by atoms with Gasteiger partial charge in [-0.05, 0) is 63.9 Å². The van der Waals surface area contributed by atoms with Gasteiger partial charge in [0.2, 0.25) is 0 Å². The maximum atomic E-state index is 13.9. The molecular formula is C23H27FN4O3. The summed E-state index contributed by atoms with van der Waals surface area (Å²) in [5.74, 6) is -5.97. The summed E-state index contributed by atoms with van der Waals surface area (Å²) in [7, 11) is 0. The molecule has 7 nitrogen and oxygen atoms in total. The highest BCUT2D eigenvalue weighted by atomic mass is 19.1. The van der Waals surface area contributed by atoms with Gasteiger partial charge in [-0.2, -0.15) is 0 Å². The first kappa shape index (κ1) is 8.08. The minimum Gasteiger partial charge on any atom is -0.385 e. The molecule has 8 heteroatoms. The third kappa shape index (κ3) is 3.78. The molecule has 5 rings (SSSR count). The lowest BCUT2D eigenvalue weighted by Crippen LogP contribution is -2.37. The fraction of sp³-hybridized carbons (Fsp3) is 0.522. The van der Waals surface area contributed by atoms with Gasteiger partial charge in [0.05, 0.1) is 7.06 Å². The number of piperidine rings is 1. The van der Waals surface area contributed by atoms with E-state index in [1.807, 2.05) is 0 Å². The Bertz CT molecular complexity index is 1930. The molecule has 3 aromatic rings. The van der Waals surface area contributed by atoms with Crippen molar-refractivity contribution in [2.75, 3.05) is 19.5 Å². The molecule has 1 aromatic carbocycles. The molecule has 2 aliphatic heterocycles. The summed E-state index contributed by atoms with van der Waals surface area (Å²) in [6, 6.07) is 2.57. The molecule has 0 bridgehead atoms. The average Bonchev–Trinajstić information content (AvgIpc) is 3.37. The number of halogens is 1. The van der Waals surface area contributed by atoms with Crippen LogP contribution in [0.2, 0.25) is 0 Å². The average molecular weight is 446 g/mol. The molecule has 0 saturated carbocycles. The quantitative estimate of drug-likeness (QED) is 0.664. The zero-order valence-electron chi connectivity index (χ0n) is 34.6. The number of hydrogen-bond donors (Lipinski definition) is 1. The van der Waals surface area contributed by atoms with Gasteiger partial charge in [0.15, 0.2) is 5.58 Å². The molecule has 0 aliphatic carbocycles.